The smallest absolute Gasteiger partial charge is 0.336 e. The van der Waals surface area contributed by atoms with Gasteiger partial charge in [0.1, 0.15) is 0 Å². The van der Waals surface area contributed by atoms with Crippen molar-refractivity contribution < 1.29 is 14.7 Å². The number of primary amides is 1. The maximum absolute atomic E-state index is 11.8. The van der Waals surface area contributed by atoms with Crippen molar-refractivity contribution >= 4 is 23.5 Å². The van der Waals surface area contributed by atoms with E-state index in [-0.39, 0.29) is 11.1 Å². The number of rotatable bonds is 3. The van der Waals surface area contributed by atoms with Gasteiger partial charge in [-0.15, -0.1) is 0 Å². The van der Waals surface area contributed by atoms with Crippen molar-refractivity contribution in [2.75, 3.05) is 0 Å². The fourth-order valence-electron chi connectivity index (χ4n) is 2.98. The van der Waals surface area contributed by atoms with Crippen LogP contribution in [0.2, 0.25) is 0 Å². The van der Waals surface area contributed by atoms with Gasteiger partial charge in [0.2, 0.25) is 5.91 Å². The SMILES string of the molecule is NC(=O)c1c(C(=O)O)cccc1C1=c2ccccc2=CCC1. The van der Waals surface area contributed by atoms with Gasteiger partial charge in [-0.2, -0.15) is 0 Å². The Morgan fingerprint density at radius 2 is 1.82 bits per heavy atom. The molecule has 2 aromatic rings. The number of carboxylic acids is 1. The van der Waals surface area contributed by atoms with Crippen molar-refractivity contribution in [3.8, 4) is 0 Å². The Morgan fingerprint density at radius 3 is 2.55 bits per heavy atom. The van der Waals surface area contributed by atoms with Gasteiger partial charge in [0, 0.05) is 0 Å². The second-order valence-electron chi connectivity index (χ2n) is 5.21. The molecule has 110 valence electrons. The Morgan fingerprint density at radius 1 is 1.05 bits per heavy atom. The van der Waals surface area contributed by atoms with E-state index in [0.717, 1.165) is 28.9 Å². The Balaban J connectivity index is 2.40. The average Bonchev–Trinajstić information content (AvgIpc) is 2.53. The average molecular weight is 293 g/mol. The summed E-state index contributed by atoms with van der Waals surface area (Å²) in [7, 11) is 0. The van der Waals surface area contributed by atoms with E-state index in [1.54, 1.807) is 12.1 Å². The summed E-state index contributed by atoms with van der Waals surface area (Å²) in [6.45, 7) is 0. The van der Waals surface area contributed by atoms with Gasteiger partial charge in [-0.25, -0.2) is 4.79 Å². The zero-order valence-electron chi connectivity index (χ0n) is 11.9. The number of aromatic carboxylic acids is 1. The van der Waals surface area contributed by atoms with E-state index in [0.29, 0.717) is 5.56 Å². The molecule has 3 N–H and O–H groups in total. The summed E-state index contributed by atoms with van der Waals surface area (Å²) in [5.74, 6) is -1.86. The maximum atomic E-state index is 11.8. The van der Waals surface area contributed by atoms with E-state index < -0.39 is 11.9 Å². The predicted octanol–water partition coefficient (Wildman–Crippen LogP) is 1.26. The largest absolute Gasteiger partial charge is 0.478 e. The van der Waals surface area contributed by atoms with Crippen molar-refractivity contribution in [2.45, 2.75) is 12.8 Å². The van der Waals surface area contributed by atoms with Crippen LogP contribution in [0.1, 0.15) is 39.1 Å². The van der Waals surface area contributed by atoms with E-state index in [4.69, 9.17) is 5.73 Å². The Labute approximate surface area is 127 Å². The summed E-state index contributed by atoms with van der Waals surface area (Å²) >= 11 is 0. The highest BCUT2D eigenvalue weighted by Gasteiger charge is 2.21. The molecule has 4 nitrogen and oxygen atoms in total. The van der Waals surface area contributed by atoms with Gasteiger partial charge in [-0.3, -0.25) is 4.79 Å². The molecule has 0 bridgehead atoms. The van der Waals surface area contributed by atoms with Gasteiger partial charge in [-0.1, -0.05) is 42.5 Å². The second kappa shape index (κ2) is 5.48. The van der Waals surface area contributed by atoms with E-state index >= 15 is 0 Å². The van der Waals surface area contributed by atoms with Crippen molar-refractivity contribution in [1.29, 1.82) is 0 Å². The van der Waals surface area contributed by atoms with Crippen LogP contribution in [-0.2, 0) is 0 Å². The minimum Gasteiger partial charge on any atom is -0.478 e. The molecule has 0 saturated heterocycles. The Hall–Kier alpha value is -2.88. The summed E-state index contributed by atoms with van der Waals surface area (Å²) < 4.78 is 0. The van der Waals surface area contributed by atoms with E-state index in [1.165, 1.54) is 6.07 Å². The van der Waals surface area contributed by atoms with Crippen LogP contribution in [-0.4, -0.2) is 17.0 Å². The molecule has 4 heteroatoms. The van der Waals surface area contributed by atoms with E-state index in [2.05, 4.69) is 6.08 Å². The zero-order chi connectivity index (χ0) is 15.7. The summed E-state index contributed by atoms with van der Waals surface area (Å²) in [4.78, 5) is 23.2. The molecular formula is C18H15NO3. The quantitative estimate of drug-likeness (QED) is 0.894. The van der Waals surface area contributed by atoms with E-state index in [1.807, 2.05) is 24.3 Å². The maximum Gasteiger partial charge on any atom is 0.336 e. The van der Waals surface area contributed by atoms with Gasteiger partial charge in [0.15, 0.2) is 0 Å². The van der Waals surface area contributed by atoms with Crippen molar-refractivity contribution in [1.82, 2.24) is 0 Å². The number of nitrogens with two attached hydrogens (primary N) is 1. The highest BCUT2D eigenvalue weighted by Crippen LogP contribution is 2.25. The second-order valence-corrected chi connectivity index (χ2v) is 5.21. The number of carbonyl (C=O) groups is 2. The van der Waals surface area contributed by atoms with Crippen molar-refractivity contribution in [3.63, 3.8) is 0 Å². The molecule has 2 aromatic carbocycles. The standard InChI is InChI=1S/C18H15NO3/c19-17(20)16-14(9-4-10-15(16)18(21)22)13-8-3-6-11-5-1-2-7-12(11)13/h1-2,4-7,9-10H,3,8H2,(H2,19,20)(H,21,22). The molecule has 0 unspecified atom stereocenters. The molecule has 0 spiro atoms. The zero-order valence-corrected chi connectivity index (χ0v) is 11.9. The molecule has 0 radical (unpaired) electrons. The molecule has 0 atom stereocenters. The van der Waals surface area contributed by atoms with Gasteiger partial charge in [0.05, 0.1) is 11.1 Å². The minimum atomic E-state index is -1.15. The van der Waals surface area contributed by atoms with Gasteiger partial charge in [0.25, 0.3) is 0 Å². The van der Waals surface area contributed by atoms with Crippen LogP contribution in [0.5, 0.6) is 0 Å². The molecule has 0 heterocycles. The number of amides is 1. The molecule has 0 aliphatic heterocycles. The Bertz CT molecular complexity index is 897. The Kier molecular flexibility index (Phi) is 3.51. The van der Waals surface area contributed by atoms with Crippen LogP contribution in [0.15, 0.2) is 42.5 Å². The highest BCUT2D eigenvalue weighted by molar-refractivity contribution is 6.07. The lowest BCUT2D eigenvalue weighted by molar-refractivity contribution is 0.0692. The lowest BCUT2D eigenvalue weighted by Gasteiger charge is -2.15. The molecular weight excluding hydrogens is 278 g/mol. The first-order valence-corrected chi connectivity index (χ1v) is 7.04. The summed E-state index contributed by atoms with van der Waals surface area (Å²) in [5.41, 5.74) is 7.08. The summed E-state index contributed by atoms with van der Waals surface area (Å²) in [6.07, 6.45) is 3.74. The van der Waals surface area contributed by atoms with Crippen molar-refractivity contribution in [3.05, 3.63) is 69.6 Å². The van der Waals surface area contributed by atoms with Gasteiger partial charge >= 0.3 is 5.97 Å². The van der Waals surface area contributed by atoms with Crippen molar-refractivity contribution in [2.24, 2.45) is 5.73 Å². The third kappa shape index (κ3) is 2.29. The first-order chi connectivity index (χ1) is 10.6. The third-order valence-electron chi connectivity index (χ3n) is 3.91. The lowest BCUT2D eigenvalue weighted by Crippen LogP contribution is -2.30. The first kappa shape index (κ1) is 14.1. The van der Waals surface area contributed by atoms with E-state index in [9.17, 15) is 14.7 Å². The first-order valence-electron chi connectivity index (χ1n) is 7.04. The number of carbonyl (C=O) groups excluding carboxylic acids is 1. The van der Waals surface area contributed by atoms with Crippen LogP contribution in [0.4, 0.5) is 0 Å². The molecule has 1 amide bonds. The van der Waals surface area contributed by atoms with Crippen LogP contribution in [0, 0.1) is 0 Å². The molecule has 1 aliphatic rings. The van der Waals surface area contributed by atoms with Crippen LogP contribution in [0.3, 0.4) is 0 Å². The fraction of sp³-hybridized carbons (Fsp3) is 0.111. The molecule has 3 rings (SSSR count). The van der Waals surface area contributed by atoms with Gasteiger partial charge < -0.3 is 10.8 Å². The van der Waals surface area contributed by atoms with Crippen LogP contribution < -0.4 is 16.2 Å². The topological polar surface area (TPSA) is 80.4 Å². The summed E-state index contributed by atoms with van der Waals surface area (Å²) in [5, 5.41) is 11.4. The number of hydrogen-bond acceptors (Lipinski definition) is 2. The molecule has 0 aromatic heterocycles. The number of hydrogen-bond donors (Lipinski definition) is 2. The molecule has 0 fully saturated rings. The van der Waals surface area contributed by atoms with Crippen LogP contribution in [0.25, 0.3) is 11.6 Å². The minimum absolute atomic E-state index is 0.0514. The molecule has 0 saturated carbocycles. The monoisotopic (exact) mass is 293 g/mol. The normalized spacial score (nSPS) is 13.2. The number of carboxylic acid groups (broad SMARTS) is 1. The van der Waals surface area contributed by atoms with Crippen LogP contribution >= 0.6 is 0 Å². The molecule has 22 heavy (non-hydrogen) atoms. The highest BCUT2D eigenvalue weighted by atomic mass is 16.4. The number of fused-ring (bicyclic) bond motifs is 1. The third-order valence-corrected chi connectivity index (χ3v) is 3.91. The van der Waals surface area contributed by atoms with Gasteiger partial charge in [-0.05, 0) is 40.5 Å². The summed E-state index contributed by atoms with van der Waals surface area (Å²) in [6, 6.07) is 12.7. The fourth-order valence-corrected chi connectivity index (χ4v) is 2.98. The number of benzene rings is 2. The predicted molar refractivity (Wildman–Crippen MR) is 83.8 cm³/mol. The molecule has 1 aliphatic carbocycles. The lowest BCUT2D eigenvalue weighted by atomic mass is 9.88.